The van der Waals surface area contributed by atoms with Crippen molar-refractivity contribution in [1.29, 1.82) is 0 Å². The van der Waals surface area contributed by atoms with Crippen LogP contribution in [0.25, 0.3) is 65.3 Å². The first-order valence-electron chi connectivity index (χ1n) is 23.2. The first-order valence-corrected chi connectivity index (χ1v) is 23.2. The molecule has 11 aromatic carbocycles. The third kappa shape index (κ3) is 5.74. The summed E-state index contributed by atoms with van der Waals surface area (Å²) in [5.41, 5.74) is 17.4. The highest BCUT2D eigenvalue weighted by Crippen LogP contribution is 2.53. The van der Waals surface area contributed by atoms with Crippen LogP contribution in [0, 0.1) is 0 Å². The van der Waals surface area contributed by atoms with Gasteiger partial charge in [-0.25, -0.2) is 0 Å². The zero-order valence-corrected chi connectivity index (χ0v) is 37.7. The average molecular weight is 845 g/mol. The van der Waals surface area contributed by atoms with Gasteiger partial charge in [0.05, 0.1) is 5.69 Å². The van der Waals surface area contributed by atoms with Gasteiger partial charge in [-0.1, -0.05) is 161 Å². The molecule has 11 aromatic rings. The number of benzene rings is 11. The molecule has 0 spiro atoms. The number of para-hydroxylation sites is 2. The quantitative estimate of drug-likeness (QED) is 0.154. The summed E-state index contributed by atoms with van der Waals surface area (Å²) in [6, 6.07) is 81.6. The van der Waals surface area contributed by atoms with Gasteiger partial charge in [0, 0.05) is 44.7 Å². The van der Waals surface area contributed by atoms with Gasteiger partial charge in [-0.3, -0.25) is 0 Å². The van der Waals surface area contributed by atoms with Gasteiger partial charge in [0.1, 0.15) is 0 Å². The minimum absolute atomic E-state index is 0.0888. The molecule has 0 aromatic heterocycles. The lowest BCUT2D eigenvalue weighted by molar-refractivity contribution is 0.661. The van der Waals surface area contributed by atoms with Gasteiger partial charge in [0.2, 0.25) is 0 Å². The Morgan fingerprint density at radius 1 is 0.258 bits per heavy atom. The average Bonchev–Trinajstić information content (AvgIpc) is 3.71. The van der Waals surface area contributed by atoms with Crippen LogP contribution in [0.4, 0.5) is 34.1 Å². The summed E-state index contributed by atoms with van der Waals surface area (Å²) in [4.78, 5) is 4.92. The molecule has 0 saturated carbocycles. The molecule has 0 unspecified atom stereocenters. The first-order chi connectivity index (χ1) is 32.2. The van der Waals surface area contributed by atoms with Crippen molar-refractivity contribution >= 4 is 77.2 Å². The number of nitrogens with zero attached hydrogens (tertiary/aromatic N) is 2. The van der Waals surface area contributed by atoms with E-state index in [1.54, 1.807) is 0 Å². The van der Waals surface area contributed by atoms with E-state index < -0.39 is 0 Å². The van der Waals surface area contributed by atoms with Crippen LogP contribution < -0.4 is 9.80 Å². The highest BCUT2D eigenvalue weighted by atomic mass is 15.2. The minimum atomic E-state index is -0.0915. The Labute approximate surface area is 386 Å². The zero-order valence-electron chi connectivity index (χ0n) is 37.7. The van der Waals surface area contributed by atoms with Gasteiger partial charge in [0.25, 0.3) is 0 Å². The van der Waals surface area contributed by atoms with Crippen molar-refractivity contribution in [2.24, 2.45) is 0 Å². The molecule has 2 aliphatic rings. The van der Waals surface area contributed by atoms with Crippen molar-refractivity contribution in [3.05, 3.63) is 241 Å². The summed E-state index contributed by atoms with van der Waals surface area (Å²) < 4.78 is 0. The molecular formula is C64H48N2. The summed E-state index contributed by atoms with van der Waals surface area (Å²) in [5, 5.41) is 9.80. The summed E-state index contributed by atoms with van der Waals surface area (Å²) >= 11 is 0. The Hall–Kier alpha value is -7.94. The van der Waals surface area contributed by atoms with E-state index in [9.17, 15) is 0 Å². The fourth-order valence-electron chi connectivity index (χ4n) is 11.6. The second-order valence-electron chi connectivity index (χ2n) is 19.4. The lowest BCUT2D eigenvalue weighted by Gasteiger charge is -2.31. The van der Waals surface area contributed by atoms with E-state index in [2.05, 4.69) is 256 Å². The second-order valence-corrected chi connectivity index (χ2v) is 19.4. The van der Waals surface area contributed by atoms with Gasteiger partial charge < -0.3 is 9.80 Å². The molecule has 314 valence electrons. The predicted octanol–water partition coefficient (Wildman–Crippen LogP) is 17.9. The van der Waals surface area contributed by atoms with E-state index in [0.717, 1.165) is 34.1 Å². The van der Waals surface area contributed by atoms with Crippen molar-refractivity contribution in [3.8, 4) is 22.3 Å². The molecule has 0 amide bonds. The van der Waals surface area contributed by atoms with E-state index >= 15 is 0 Å². The maximum atomic E-state index is 2.47. The third-order valence-electron chi connectivity index (χ3n) is 14.9. The molecule has 2 nitrogen and oxygen atoms in total. The molecule has 66 heavy (non-hydrogen) atoms. The Morgan fingerprint density at radius 2 is 0.742 bits per heavy atom. The number of hydrogen-bond acceptors (Lipinski definition) is 2. The van der Waals surface area contributed by atoms with E-state index in [-0.39, 0.29) is 10.8 Å². The Balaban J connectivity index is 1.04. The minimum Gasteiger partial charge on any atom is -0.310 e. The van der Waals surface area contributed by atoms with Crippen LogP contribution in [0.2, 0.25) is 0 Å². The number of hydrogen-bond donors (Lipinski definition) is 0. The Kier molecular flexibility index (Phi) is 8.33. The van der Waals surface area contributed by atoms with Crippen LogP contribution in [0.1, 0.15) is 49.9 Å². The number of rotatable bonds is 6. The molecule has 0 radical (unpaired) electrons. The molecule has 0 aliphatic heterocycles. The molecule has 0 heterocycles. The standard InChI is InChI=1S/C64H48N2/c1-63(2)58-25-15-13-23-52(58)56-35-42-27-30-48(33-44(42)37-60(56)63)65(46-18-7-5-8-19-46)50-39-55-51-22-12-11-17-41(51)29-32-54(55)62(40-50)66(47-20-9-6-10-21-47)49-31-28-43-36-57-53-24-14-16-26-59(53)64(3,4)61(57)38-45(43)34-49/h5-40H,1-4H3. The molecule has 0 saturated heterocycles. The summed E-state index contributed by atoms with van der Waals surface area (Å²) in [5.74, 6) is 0. The predicted molar refractivity (Wildman–Crippen MR) is 281 cm³/mol. The van der Waals surface area contributed by atoms with Gasteiger partial charge >= 0.3 is 0 Å². The Bertz CT molecular complexity index is 3770. The molecule has 13 rings (SSSR count). The largest absolute Gasteiger partial charge is 0.310 e. The summed E-state index contributed by atoms with van der Waals surface area (Å²) in [6.07, 6.45) is 0. The van der Waals surface area contributed by atoms with Crippen LogP contribution in [-0.4, -0.2) is 0 Å². The molecule has 0 N–H and O–H groups in total. The van der Waals surface area contributed by atoms with Crippen LogP contribution in [-0.2, 0) is 10.8 Å². The van der Waals surface area contributed by atoms with Gasteiger partial charge in [-0.2, -0.15) is 0 Å². The van der Waals surface area contributed by atoms with Gasteiger partial charge in [-0.05, 0) is 167 Å². The lowest BCUT2D eigenvalue weighted by atomic mass is 9.82. The molecule has 2 heteroatoms. The van der Waals surface area contributed by atoms with Crippen LogP contribution in [0.5, 0.6) is 0 Å². The molecule has 0 fully saturated rings. The Morgan fingerprint density at radius 3 is 1.33 bits per heavy atom. The third-order valence-corrected chi connectivity index (χ3v) is 14.9. The normalized spacial score (nSPS) is 14.0. The number of fused-ring (bicyclic) bond motifs is 11. The van der Waals surface area contributed by atoms with E-state index in [1.807, 2.05) is 0 Å². The van der Waals surface area contributed by atoms with Crippen LogP contribution in [0.3, 0.4) is 0 Å². The second kappa shape index (κ2) is 14.3. The van der Waals surface area contributed by atoms with Crippen molar-refractivity contribution in [1.82, 2.24) is 0 Å². The molecule has 0 bridgehead atoms. The smallest absolute Gasteiger partial charge is 0.0561 e. The monoisotopic (exact) mass is 844 g/mol. The molecular weight excluding hydrogens is 797 g/mol. The van der Waals surface area contributed by atoms with Crippen molar-refractivity contribution < 1.29 is 0 Å². The van der Waals surface area contributed by atoms with Gasteiger partial charge in [0.15, 0.2) is 0 Å². The topological polar surface area (TPSA) is 6.48 Å². The fourth-order valence-corrected chi connectivity index (χ4v) is 11.6. The van der Waals surface area contributed by atoms with Crippen molar-refractivity contribution in [2.45, 2.75) is 38.5 Å². The molecule has 0 atom stereocenters. The highest BCUT2D eigenvalue weighted by molar-refractivity contribution is 6.15. The van der Waals surface area contributed by atoms with E-state index in [0.29, 0.717) is 0 Å². The van der Waals surface area contributed by atoms with E-state index in [4.69, 9.17) is 0 Å². The molecule has 2 aliphatic carbocycles. The lowest BCUT2D eigenvalue weighted by Crippen LogP contribution is -2.15. The van der Waals surface area contributed by atoms with Crippen LogP contribution >= 0.6 is 0 Å². The van der Waals surface area contributed by atoms with Crippen molar-refractivity contribution in [3.63, 3.8) is 0 Å². The maximum absolute atomic E-state index is 2.47. The maximum Gasteiger partial charge on any atom is 0.0561 e. The first kappa shape index (κ1) is 38.5. The number of anilines is 6. The van der Waals surface area contributed by atoms with Crippen LogP contribution in [0.15, 0.2) is 218 Å². The fraction of sp³-hybridized carbons (Fsp3) is 0.0938. The van der Waals surface area contributed by atoms with Gasteiger partial charge in [-0.15, -0.1) is 0 Å². The summed E-state index contributed by atoms with van der Waals surface area (Å²) in [6.45, 7) is 9.47. The SMILES string of the molecule is CC1(C)c2ccccc2-c2cc3ccc(N(c4ccccc4)c4cc(N(c5ccccc5)c5ccc6cc7c(cc6c5)C(C)(C)c5ccccc5-7)c5ccc6ccccc6c5c4)cc3cc21. The zero-order chi connectivity index (χ0) is 44.3. The summed E-state index contributed by atoms with van der Waals surface area (Å²) in [7, 11) is 0. The highest BCUT2D eigenvalue weighted by Gasteiger charge is 2.37. The van der Waals surface area contributed by atoms with Crippen molar-refractivity contribution in [2.75, 3.05) is 9.80 Å². The van der Waals surface area contributed by atoms with E-state index in [1.165, 1.54) is 87.6 Å².